The summed E-state index contributed by atoms with van der Waals surface area (Å²) in [6, 6.07) is 29.0. The molecule has 0 unspecified atom stereocenters. The quantitative estimate of drug-likeness (QED) is 0.309. The van der Waals surface area contributed by atoms with Crippen molar-refractivity contribution < 1.29 is 0 Å². The number of nitrogens with zero attached hydrogens (tertiary/aromatic N) is 3. The zero-order valence-corrected chi connectivity index (χ0v) is 17.5. The number of aromatic nitrogens is 6. The van der Waals surface area contributed by atoms with Crippen LogP contribution in [0, 0.1) is 0 Å². The topological polar surface area (TPSA) is 86.0 Å². The molecule has 7 aromatic rings. The summed E-state index contributed by atoms with van der Waals surface area (Å²) in [4.78, 5) is 24.0. The van der Waals surface area contributed by atoms with Gasteiger partial charge in [-0.3, -0.25) is 0 Å². The number of aromatic amines is 3. The Morgan fingerprint density at radius 1 is 0.485 bits per heavy atom. The van der Waals surface area contributed by atoms with Gasteiger partial charge in [0.15, 0.2) is 0 Å². The molecule has 3 N–H and O–H groups in total. The first-order valence-electron chi connectivity index (χ1n) is 10.8. The monoisotopic (exact) mass is 426 g/mol. The zero-order chi connectivity index (χ0) is 21.8. The van der Waals surface area contributed by atoms with E-state index in [0.717, 1.165) is 61.4 Å². The standard InChI is InChI=1S/C27H18N6/c1-2-4-16(5-3-1)17-6-10-21-24(12-17)32-27(30-21)19-8-11-22-25(14-19)33-26(31-22)18-7-9-20-23(13-18)29-15-28-20/h1-15H,(H,28,29)(H,30,32)(H,31,33). The molecule has 0 saturated heterocycles. The molecular formula is C27H18N6. The lowest BCUT2D eigenvalue weighted by Crippen LogP contribution is -1.81. The van der Waals surface area contributed by atoms with Crippen LogP contribution < -0.4 is 0 Å². The van der Waals surface area contributed by atoms with Crippen LogP contribution in [-0.4, -0.2) is 29.9 Å². The highest BCUT2D eigenvalue weighted by atomic mass is 14.9. The molecule has 0 saturated carbocycles. The van der Waals surface area contributed by atoms with Crippen LogP contribution >= 0.6 is 0 Å². The van der Waals surface area contributed by atoms with Crippen LogP contribution in [-0.2, 0) is 0 Å². The number of fused-ring (bicyclic) bond motifs is 3. The molecule has 6 nitrogen and oxygen atoms in total. The molecule has 0 aliphatic rings. The highest BCUT2D eigenvalue weighted by Crippen LogP contribution is 2.29. The minimum absolute atomic E-state index is 0.823. The molecule has 3 heterocycles. The van der Waals surface area contributed by atoms with Gasteiger partial charge in [0.1, 0.15) is 11.6 Å². The van der Waals surface area contributed by atoms with Crippen LogP contribution in [0.2, 0.25) is 0 Å². The first-order chi connectivity index (χ1) is 16.3. The van der Waals surface area contributed by atoms with Gasteiger partial charge in [-0.15, -0.1) is 0 Å². The highest BCUT2D eigenvalue weighted by Gasteiger charge is 2.11. The van der Waals surface area contributed by atoms with Gasteiger partial charge >= 0.3 is 0 Å². The van der Waals surface area contributed by atoms with Crippen LogP contribution in [0.15, 0.2) is 91.3 Å². The second-order valence-corrected chi connectivity index (χ2v) is 8.14. The Labute approximate surface area is 188 Å². The number of nitrogens with one attached hydrogen (secondary N) is 3. The lowest BCUT2D eigenvalue weighted by atomic mass is 10.1. The maximum atomic E-state index is 4.86. The molecular weight excluding hydrogens is 408 g/mol. The fraction of sp³-hybridized carbons (Fsp3) is 0. The second kappa shape index (κ2) is 6.90. The molecule has 156 valence electrons. The molecule has 4 aromatic carbocycles. The lowest BCUT2D eigenvalue weighted by Gasteiger charge is -2.00. The first-order valence-corrected chi connectivity index (χ1v) is 10.8. The molecule has 0 aliphatic heterocycles. The van der Waals surface area contributed by atoms with Crippen LogP contribution in [0.5, 0.6) is 0 Å². The van der Waals surface area contributed by atoms with E-state index in [1.807, 2.05) is 24.3 Å². The van der Waals surface area contributed by atoms with Gasteiger partial charge in [-0.1, -0.05) is 36.4 Å². The number of hydrogen-bond acceptors (Lipinski definition) is 3. The van der Waals surface area contributed by atoms with Gasteiger partial charge in [-0.05, 0) is 59.7 Å². The summed E-state index contributed by atoms with van der Waals surface area (Å²) < 4.78 is 0. The fourth-order valence-corrected chi connectivity index (χ4v) is 4.32. The van der Waals surface area contributed by atoms with Crippen molar-refractivity contribution in [3.8, 4) is 33.9 Å². The van der Waals surface area contributed by atoms with Gasteiger partial charge < -0.3 is 15.0 Å². The maximum absolute atomic E-state index is 4.86. The molecule has 0 aliphatic carbocycles. The zero-order valence-electron chi connectivity index (χ0n) is 17.5. The Balaban J connectivity index is 1.27. The molecule has 33 heavy (non-hydrogen) atoms. The number of hydrogen-bond donors (Lipinski definition) is 3. The molecule has 6 heteroatoms. The van der Waals surface area contributed by atoms with Gasteiger partial charge in [-0.25, -0.2) is 15.0 Å². The van der Waals surface area contributed by atoms with E-state index < -0.39 is 0 Å². The SMILES string of the molecule is c1ccc(-c2ccc3[nH]c(-c4ccc5[nH]c(-c6ccc7[nH]cnc7c6)nc5c4)nc3c2)cc1. The predicted molar refractivity (Wildman–Crippen MR) is 132 cm³/mol. The smallest absolute Gasteiger partial charge is 0.138 e. The number of imidazole rings is 3. The highest BCUT2D eigenvalue weighted by molar-refractivity contribution is 5.88. The summed E-state index contributed by atoms with van der Waals surface area (Å²) in [6.07, 6.45) is 1.70. The summed E-state index contributed by atoms with van der Waals surface area (Å²) in [5, 5.41) is 0. The summed E-state index contributed by atoms with van der Waals surface area (Å²) in [5.74, 6) is 1.66. The Hall–Kier alpha value is -4.71. The molecule has 0 atom stereocenters. The van der Waals surface area contributed by atoms with Crippen LogP contribution in [0.1, 0.15) is 0 Å². The van der Waals surface area contributed by atoms with Crippen molar-refractivity contribution in [3.63, 3.8) is 0 Å². The van der Waals surface area contributed by atoms with Crippen LogP contribution in [0.3, 0.4) is 0 Å². The first kappa shape index (κ1) is 17.9. The van der Waals surface area contributed by atoms with Crippen molar-refractivity contribution in [2.24, 2.45) is 0 Å². The second-order valence-electron chi connectivity index (χ2n) is 8.14. The Morgan fingerprint density at radius 2 is 1.06 bits per heavy atom. The summed E-state index contributed by atoms with van der Waals surface area (Å²) in [5.41, 5.74) is 10.1. The van der Waals surface area contributed by atoms with Crippen LogP contribution in [0.4, 0.5) is 0 Å². The molecule has 0 fully saturated rings. The van der Waals surface area contributed by atoms with Gasteiger partial charge in [-0.2, -0.15) is 0 Å². The third-order valence-electron chi connectivity index (χ3n) is 6.04. The Kier molecular flexibility index (Phi) is 3.75. The number of rotatable bonds is 3. The molecule has 0 amide bonds. The van der Waals surface area contributed by atoms with Crippen molar-refractivity contribution in [2.75, 3.05) is 0 Å². The van der Waals surface area contributed by atoms with Gasteiger partial charge in [0.2, 0.25) is 0 Å². The van der Waals surface area contributed by atoms with E-state index in [9.17, 15) is 0 Å². The minimum atomic E-state index is 0.823. The fourth-order valence-electron chi connectivity index (χ4n) is 4.32. The van der Waals surface area contributed by atoms with E-state index in [-0.39, 0.29) is 0 Å². The minimum Gasteiger partial charge on any atom is -0.345 e. The average Bonchev–Trinajstić information content (AvgIpc) is 3.60. The normalized spacial score (nSPS) is 11.6. The van der Waals surface area contributed by atoms with E-state index in [1.165, 1.54) is 5.56 Å². The largest absolute Gasteiger partial charge is 0.345 e. The summed E-state index contributed by atoms with van der Waals surface area (Å²) in [6.45, 7) is 0. The van der Waals surface area contributed by atoms with Gasteiger partial charge in [0.05, 0.1) is 39.4 Å². The van der Waals surface area contributed by atoms with E-state index in [2.05, 4.69) is 80.6 Å². The van der Waals surface area contributed by atoms with E-state index in [4.69, 9.17) is 9.97 Å². The van der Waals surface area contributed by atoms with Crippen molar-refractivity contribution in [1.82, 2.24) is 29.9 Å². The van der Waals surface area contributed by atoms with Gasteiger partial charge in [0, 0.05) is 11.1 Å². The lowest BCUT2D eigenvalue weighted by molar-refractivity contribution is 1.33. The molecule has 0 spiro atoms. The van der Waals surface area contributed by atoms with Crippen molar-refractivity contribution >= 4 is 33.1 Å². The number of benzene rings is 4. The van der Waals surface area contributed by atoms with E-state index >= 15 is 0 Å². The third-order valence-corrected chi connectivity index (χ3v) is 6.04. The van der Waals surface area contributed by atoms with E-state index in [0.29, 0.717) is 0 Å². The summed E-state index contributed by atoms with van der Waals surface area (Å²) in [7, 11) is 0. The predicted octanol–water partition coefficient (Wildman–Crippen LogP) is 6.32. The summed E-state index contributed by atoms with van der Waals surface area (Å²) >= 11 is 0. The van der Waals surface area contributed by atoms with Crippen LogP contribution in [0.25, 0.3) is 67.0 Å². The Morgan fingerprint density at radius 3 is 1.76 bits per heavy atom. The van der Waals surface area contributed by atoms with E-state index in [1.54, 1.807) is 6.33 Å². The molecule has 7 rings (SSSR count). The third kappa shape index (κ3) is 3.00. The van der Waals surface area contributed by atoms with Crippen molar-refractivity contribution in [3.05, 3.63) is 91.3 Å². The average molecular weight is 426 g/mol. The molecule has 0 bridgehead atoms. The number of H-pyrrole nitrogens is 3. The Bertz CT molecular complexity index is 1770. The van der Waals surface area contributed by atoms with Crippen molar-refractivity contribution in [1.29, 1.82) is 0 Å². The molecule has 0 radical (unpaired) electrons. The molecule has 3 aromatic heterocycles. The van der Waals surface area contributed by atoms with Crippen molar-refractivity contribution in [2.45, 2.75) is 0 Å². The maximum Gasteiger partial charge on any atom is 0.138 e. The van der Waals surface area contributed by atoms with Gasteiger partial charge in [0.25, 0.3) is 0 Å².